The lowest BCUT2D eigenvalue weighted by Gasteiger charge is -2.20. The van der Waals surface area contributed by atoms with Gasteiger partial charge in [-0.1, -0.05) is 6.42 Å². The number of hydrogen-bond donors (Lipinski definition) is 1. The second-order valence-corrected chi connectivity index (χ2v) is 6.16. The Morgan fingerprint density at radius 2 is 2.10 bits per heavy atom. The van der Waals surface area contributed by atoms with Gasteiger partial charge in [-0.15, -0.1) is 0 Å². The number of ether oxygens (including phenoxy) is 1. The molecule has 0 spiro atoms. The average Bonchev–Trinajstić information content (AvgIpc) is 3.09. The van der Waals surface area contributed by atoms with Gasteiger partial charge in [-0.05, 0) is 61.3 Å². The summed E-state index contributed by atoms with van der Waals surface area (Å²) in [5.74, 6) is 3.00. The van der Waals surface area contributed by atoms with Crippen molar-refractivity contribution >= 4 is 11.6 Å². The molecular formula is C17H20N2O2. The Kier molecular flexibility index (Phi) is 4.10. The third-order valence-electron chi connectivity index (χ3n) is 4.77. The number of carbonyl (C=O) groups excluding carboxylic acids is 1. The standard InChI is InChI=1S/C17H20N2O2/c18-7-8-21-16-5-3-15(4-6-16)19-17(20)11-14-10-12-1-2-13(14)9-12/h3-6,12-14H,1-2,8-11H2,(H,19,20). The third-order valence-corrected chi connectivity index (χ3v) is 4.77. The zero-order valence-electron chi connectivity index (χ0n) is 12.0. The number of hydrogen-bond acceptors (Lipinski definition) is 3. The topological polar surface area (TPSA) is 62.1 Å². The number of nitrogens with one attached hydrogen (secondary N) is 1. The van der Waals surface area contributed by atoms with Gasteiger partial charge in [0.05, 0.1) is 0 Å². The van der Waals surface area contributed by atoms with Gasteiger partial charge in [-0.2, -0.15) is 5.26 Å². The predicted octanol–water partition coefficient (Wildman–Crippen LogP) is 3.35. The van der Waals surface area contributed by atoms with Gasteiger partial charge in [-0.3, -0.25) is 4.79 Å². The Bertz CT molecular complexity index is 547. The highest BCUT2D eigenvalue weighted by Crippen LogP contribution is 2.49. The molecule has 4 nitrogen and oxygen atoms in total. The van der Waals surface area contributed by atoms with E-state index in [1.54, 1.807) is 12.1 Å². The Morgan fingerprint density at radius 1 is 1.29 bits per heavy atom. The quantitative estimate of drug-likeness (QED) is 0.901. The van der Waals surface area contributed by atoms with E-state index in [1.807, 2.05) is 18.2 Å². The fourth-order valence-corrected chi connectivity index (χ4v) is 3.83. The second-order valence-electron chi connectivity index (χ2n) is 6.16. The minimum Gasteiger partial charge on any atom is -0.479 e. The first-order valence-electron chi connectivity index (χ1n) is 7.64. The molecule has 0 saturated heterocycles. The number of anilines is 1. The van der Waals surface area contributed by atoms with E-state index in [4.69, 9.17) is 10.00 Å². The summed E-state index contributed by atoms with van der Waals surface area (Å²) in [6.45, 7) is 0.0376. The molecule has 2 aliphatic rings. The van der Waals surface area contributed by atoms with Crippen molar-refractivity contribution in [1.82, 2.24) is 0 Å². The van der Waals surface area contributed by atoms with Crippen molar-refractivity contribution in [2.75, 3.05) is 11.9 Å². The van der Waals surface area contributed by atoms with E-state index in [-0.39, 0.29) is 12.5 Å². The summed E-state index contributed by atoms with van der Waals surface area (Å²) in [6, 6.07) is 9.08. The van der Waals surface area contributed by atoms with Crippen LogP contribution in [0.4, 0.5) is 5.69 Å². The molecule has 1 aromatic rings. The first-order chi connectivity index (χ1) is 10.2. The monoisotopic (exact) mass is 284 g/mol. The number of nitrogens with zero attached hydrogens (tertiary/aromatic N) is 1. The van der Waals surface area contributed by atoms with Crippen molar-refractivity contribution in [2.24, 2.45) is 17.8 Å². The van der Waals surface area contributed by atoms with Crippen LogP contribution in [0.2, 0.25) is 0 Å². The molecule has 3 atom stereocenters. The molecule has 0 aliphatic heterocycles. The maximum atomic E-state index is 12.1. The second kappa shape index (κ2) is 6.17. The van der Waals surface area contributed by atoms with Crippen LogP contribution in [0.1, 0.15) is 32.1 Å². The van der Waals surface area contributed by atoms with E-state index in [1.165, 1.54) is 25.7 Å². The molecule has 2 aliphatic carbocycles. The van der Waals surface area contributed by atoms with Crippen molar-refractivity contribution < 1.29 is 9.53 Å². The van der Waals surface area contributed by atoms with E-state index < -0.39 is 0 Å². The van der Waals surface area contributed by atoms with Crippen molar-refractivity contribution in [1.29, 1.82) is 5.26 Å². The number of rotatable bonds is 5. The molecule has 110 valence electrons. The van der Waals surface area contributed by atoms with Crippen molar-refractivity contribution in [3.8, 4) is 11.8 Å². The number of benzene rings is 1. The summed E-state index contributed by atoms with van der Waals surface area (Å²) >= 11 is 0. The molecule has 1 N–H and O–H groups in total. The van der Waals surface area contributed by atoms with Crippen LogP contribution < -0.4 is 10.1 Å². The van der Waals surface area contributed by atoms with Gasteiger partial charge in [0, 0.05) is 12.1 Å². The molecule has 0 aromatic heterocycles. The molecule has 2 fully saturated rings. The van der Waals surface area contributed by atoms with Gasteiger partial charge >= 0.3 is 0 Å². The highest BCUT2D eigenvalue weighted by atomic mass is 16.5. The average molecular weight is 284 g/mol. The number of fused-ring (bicyclic) bond motifs is 2. The molecule has 3 unspecified atom stereocenters. The maximum Gasteiger partial charge on any atom is 0.224 e. The van der Waals surface area contributed by atoms with Crippen LogP contribution >= 0.6 is 0 Å². The third kappa shape index (κ3) is 3.36. The van der Waals surface area contributed by atoms with E-state index in [0.717, 1.165) is 17.5 Å². The van der Waals surface area contributed by atoms with Crippen LogP contribution in [-0.2, 0) is 4.79 Å². The zero-order chi connectivity index (χ0) is 14.7. The molecule has 4 heteroatoms. The zero-order valence-corrected chi connectivity index (χ0v) is 12.0. The molecule has 2 bridgehead atoms. The van der Waals surface area contributed by atoms with Crippen molar-refractivity contribution in [2.45, 2.75) is 32.1 Å². The van der Waals surface area contributed by atoms with Gasteiger partial charge in [0.2, 0.25) is 5.91 Å². The Hall–Kier alpha value is -2.02. The highest BCUT2D eigenvalue weighted by Gasteiger charge is 2.40. The van der Waals surface area contributed by atoms with E-state index in [0.29, 0.717) is 18.1 Å². The summed E-state index contributed by atoms with van der Waals surface area (Å²) < 4.78 is 5.18. The molecule has 21 heavy (non-hydrogen) atoms. The van der Waals surface area contributed by atoms with Gasteiger partial charge < -0.3 is 10.1 Å². The van der Waals surface area contributed by atoms with E-state index in [9.17, 15) is 4.79 Å². The molecule has 3 rings (SSSR count). The van der Waals surface area contributed by atoms with Crippen LogP contribution in [0.3, 0.4) is 0 Å². The molecule has 0 heterocycles. The Morgan fingerprint density at radius 3 is 2.71 bits per heavy atom. The van der Waals surface area contributed by atoms with Crippen LogP contribution in [0.15, 0.2) is 24.3 Å². The Balaban J connectivity index is 1.49. The SMILES string of the molecule is N#CCOc1ccc(NC(=O)CC2CC3CCC2C3)cc1. The first-order valence-corrected chi connectivity index (χ1v) is 7.64. The minimum absolute atomic E-state index is 0.0376. The van der Waals surface area contributed by atoms with Gasteiger partial charge in [0.15, 0.2) is 6.61 Å². The fourth-order valence-electron chi connectivity index (χ4n) is 3.83. The fraction of sp³-hybridized carbons (Fsp3) is 0.529. The lowest BCUT2D eigenvalue weighted by Crippen LogP contribution is -2.20. The molecule has 1 aromatic carbocycles. The van der Waals surface area contributed by atoms with Crippen LogP contribution in [-0.4, -0.2) is 12.5 Å². The van der Waals surface area contributed by atoms with E-state index in [2.05, 4.69) is 5.32 Å². The predicted molar refractivity (Wildman–Crippen MR) is 79.7 cm³/mol. The van der Waals surface area contributed by atoms with Crippen LogP contribution in [0.25, 0.3) is 0 Å². The molecule has 2 saturated carbocycles. The summed E-state index contributed by atoms with van der Waals surface area (Å²) in [4.78, 5) is 12.1. The van der Waals surface area contributed by atoms with Gasteiger partial charge in [-0.25, -0.2) is 0 Å². The summed E-state index contributed by atoms with van der Waals surface area (Å²) in [6.07, 6.45) is 5.90. The van der Waals surface area contributed by atoms with Crippen LogP contribution in [0, 0.1) is 29.1 Å². The van der Waals surface area contributed by atoms with Crippen molar-refractivity contribution in [3.05, 3.63) is 24.3 Å². The summed E-state index contributed by atoms with van der Waals surface area (Å²) in [5, 5.41) is 11.4. The normalized spacial score (nSPS) is 26.3. The summed E-state index contributed by atoms with van der Waals surface area (Å²) in [5.41, 5.74) is 0.785. The van der Waals surface area contributed by atoms with Gasteiger partial charge in [0.25, 0.3) is 0 Å². The number of carbonyl (C=O) groups is 1. The number of amides is 1. The molecular weight excluding hydrogens is 264 g/mol. The number of nitriles is 1. The van der Waals surface area contributed by atoms with Crippen LogP contribution in [0.5, 0.6) is 5.75 Å². The smallest absolute Gasteiger partial charge is 0.224 e. The largest absolute Gasteiger partial charge is 0.479 e. The summed E-state index contributed by atoms with van der Waals surface area (Å²) in [7, 11) is 0. The van der Waals surface area contributed by atoms with Gasteiger partial charge in [0.1, 0.15) is 11.8 Å². The van der Waals surface area contributed by atoms with Crippen molar-refractivity contribution in [3.63, 3.8) is 0 Å². The molecule has 1 amide bonds. The minimum atomic E-state index is 0.0376. The highest BCUT2D eigenvalue weighted by molar-refractivity contribution is 5.90. The Labute approximate surface area is 125 Å². The lowest BCUT2D eigenvalue weighted by atomic mass is 9.86. The lowest BCUT2D eigenvalue weighted by molar-refractivity contribution is -0.117. The molecule has 0 radical (unpaired) electrons. The van der Waals surface area contributed by atoms with E-state index >= 15 is 0 Å². The maximum absolute atomic E-state index is 12.1. The first kappa shape index (κ1) is 13.9.